The number of hydrogen-bond donors (Lipinski definition) is 3. The van der Waals surface area contributed by atoms with Crippen LogP contribution in [0.5, 0.6) is 0 Å². The number of carbonyl (C=O) groups is 1. The van der Waals surface area contributed by atoms with Gasteiger partial charge in [-0.2, -0.15) is 5.10 Å². The Labute approximate surface area is 139 Å². The number of halogens is 1. The molecular weight excluding hydrogens is 312 g/mol. The maximum absolute atomic E-state index is 12.5. The summed E-state index contributed by atoms with van der Waals surface area (Å²) in [6.45, 7) is 2.25. The highest BCUT2D eigenvalue weighted by Crippen LogP contribution is 2.48. The van der Waals surface area contributed by atoms with Crippen molar-refractivity contribution >= 4 is 17.5 Å². The molecule has 0 spiro atoms. The van der Waals surface area contributed by atoms with Gasteiger partial charge in [-0.3, -0.25) is 9.89 Å². The summed E-state index contributed by atoms with van der Waals surface area (Å²) in [6.07, 6.45) is 3.05. The van der Waals surface area contributed by atoms with Gasteiger partial charge in [0.1, 0.15) is 0 Å². The van der Waals surface area contributed by atoms with Crippen LogP contribution >= 0.6 is 11.6 Å². The largest absolute Gasteiger partial charge is 0.350 e. The van der Waals surface area contributed by atoms with Crippen LogP contribution in [0.3, 0.4) is 0 Å². The lowest BCUT2D eigenvalue weighted by Crippen LogP contribution is -2.34. The number of amides is 1. The topological polar surface area (TPSA) is 69.8 Å². The number of aromatic nitrogens is 2. The standard InChI is InChI=1S/C17H19ClN4O/c18-12-3-1-2-11(8-12)17(5-6-17)10-20-16(23)15-13-9-19-7-4-14(13)21-22-15/h1-3,8,19H,4-7,9-10H2,(H,20,23)(H,21,22). The summed E-state index contributed by atoms with van der Waals surface area (Å²) in [5.41, 5.74) is 3.84. The van der Waals surface area contributed by atoms with Crippen LogP contribution in [0.15, 0.2) is 24.3 Å². The first-order valence-electron chi connectivity index (χ1n) is 7.99. The Morgan fingerprint density at radius 1 is 1.39 bits per heavy atom. The molecule has 1 aliphatic heterocycles. The third kappa shape index (κ3) is 2.75. The summed E-state index contributed by atoms with van der Waals surface area (Å²) < 4.78 is 0. The van der Waals surface area contributed by atoms with Gasteiger partial charge in [0.05, 0.1) is 0 Å². The molecule has 3 N–H and O–H groups in total. The highest BCUT2D eigenvalue weighted by Gasteiger charge is 2.44. The predicted molar refractivity (Wildman–Crippen MR) is 88.7 cm³/mol. The van der Waals surface area contributed by atoms with Gasteiger partial charge in [0.25, 0.3) is 5.91 Å². The van der Waals surface area contributed by atoms with E-state index in [1.165, 1.54) is 5.56 Å². The first kappa shape index (κ1) is 14.7. The zero-order chi connectivity index (χ0) is 15.9. The molecule has 1 aromatic heterocycles. The second kappa shape index (κ2) is 5.65. The highest BCUT2D eigenvalue weighted by molar-refractivity contribution is 6.30. The van der Waals surface area contributed by atoms with Gasteiger partial charge in [-0.1, -0.05) is 23.7 Å². The Morgan fingerprint density at radius 3 is 3.04 bits per heavy atom. The molecule has 4 rings (SSSR count). The lowest BCUT2D eigenvalue weighted by molar-refractivity contribution is 0.0943. The summed E-state index contributed by atoms with van der Waals surface area (Å²) in [4.78, 5) is 12.5. The third-order valence-electron chi connectivity index (χ3n) is 4.90. The Bertz CT molecular complexity index is 751. The van der Waals surface area contributed by atoms with Crippen molar-refractivity contribution in [3.63, 3.8) is 0 Å². The Balaban J connectivity index is 1.47. The molecule has 1 fully saturated rings. The molecule has 5 nitrogen and oxygen atoms in total. The molecule has 1 aromatic carbocycles. The van der Waals surface area contributed by atoms with Crippen LogP contribution in [-0.4, -0.2) is 29.2 Å². The van der Waals surface area contributed by atoms with E-state index < -0.39 is 0 Å². The number of fused-ring (bicyclic) bond motifs is 1. The minimum absolute atomic E-state index is 0.0369. The normalized spacial score (nSPS) is 18.3. The van der Waals surface area contributed by atoms with Gasteiger partial charge in [-0.05, 0) is 30.5 Å². The molecule has 120 valence electrons. The highest BCUT2D eigenvalue weighted by atomic mass is 35.5. The average Bonchev–Trinajstić information content (AvgIpc) is 3.24. The molecule has 1 aliphatic carbocycles. The monoisotopic (exact) mass is 330 g/mol. The molecule has 0 radical (unpaired) electrons. The van der Waals surface area contributed by atoms with Gasteiger partial charge in [-0.25, -0.2) is 0 Å². The molecule has 1 saturated carbocycles. The van der Waals surface area contributed by atoms with Crippen molar-refractivity contribution in [3.8, 4) is 0 Å². The van der Waals surface area contributed by atoms with Crippen molar-refractivity contribution in [2.24, 2.45) is 0 Å². The molecule has 6 heteroatoms. The minimum atomic E-state index is -0.0977. The number of hydrogen-bond acceptors (Lipinski definition) is 3. The quantitative estimate of drug-likeness (QED) is 0.804. The second-order valence-electron chi connectivity index (χ2n) is 6.43. The third-order valence-corrected chi connectivity index (χ3v) is 5.13. The zero-order valence-corrected chi connectivity index (χ0v) is 13.5. The van der Waals surface area contributed by atoms with Gasteiger partial charge < -0.3 is 10.6 Å². The number of aromatic amines is 1. The van der Waals surface area contributed by atoms with E-state index in [1.54, 1.807) is 0 Å². The predicted octanol–water partition coefficient (Wildman–Crippen LogP) is 2.17. The zero-order valence-electron chi connectivity index (χ0n) is 12.8. The van der Waals surface area contributed by atoms with Gasteiger partial charge in [0, 0.05) is 47.8 Å². The second-order valence-corrected chi connectivity index (χ2v) is 6.87. The molecule has 1 amide bonds. The maximum atomic E-state index is 12.5. The number of nitrogens with one attached hydrogen (secondary N) is 3. The first-order chi connectivity index (χ1) is 11.2. The number of H-pyrrole nitrogens is 1. The van der Waals surface area contributed by atoms with Crippen molar-refractivity contribution in [1.29, 1.82) is 0 Å². The lowest BCUT2D eigenvalue weighted by Gasteiger charge is -2.17. The molecule has 2 aromatic rings. The summed E-state index contributed by atoms with van der Waals surface area (Å²) in [6, 6.07) is 7.93. The van der Waals surface area contributed by atoms with E-state index >= 15 is 0 Å². The number of carbonyl (C=O) groups excluding carboxylic acids is 1. The van der Waals surface area contributed by atoms with E-state index in [2.05, 4.69) is 26.9 Å². The van der Waals surface area contributed by atoms with Crippen LogP contribution in [0, 0.1) is 0 Å². The molecule has 0 saturated heterocycles. The fourth-order valence-electron chi connectivity index (χ4n) is 3.28. The number of nitrogens with zero attached hydrogens (tertiary/aromatic N) is 1. The van der Waals surface area contributed by atoms with E-state index in [0.29, 0.717) is 18.8 Å². The fourth-order valence-corrected chi connectivity index (χ4v) is 3.47. The fraction of sp³-hybridized carbons (Fsp3) is 0.412. The molecule has 2 aliphatic rings. The van der Waals surface area contributed by atoms with E-state index in [0.717, 1.165) is 42.1 Å². The van der Waals surface area contributed by atoms with E-state index in [1.807, 2.05) is 18.2 Å². The molecule has 2 heterocycles. The summed E-state index contributed by atoms with van der Waals surface area (Å²) in [7, 11) is 0. The number of rotatable bonds is 4. The van der Waals surface area contributed by atoms with Crippen LogP contribution in [0.4, 0.5) is 0 Å². The average molecular weight is 331 g/mol. The summed E-state index contributed by atoms with van der Waals surface area (Å²) in [5.74, 6) is -0.0977. The molecule has 0 atom stereocenters. The van der Waals surface area contributed by atoms with Crippen LogP contribution in [-0.2, 0) is 18.4 Å². The smallest absolute Gasteiger partial charge is 0.272 e. The van der Waals surface area contributed by atoms with Crippen molar-refractivity contribution in [2.45, 2.75) is 31.2 Å². The Kier molecular flexibility index (Phi) is 3.62. The Hall–Kier alpha value is -1.85. The number of benzene rings is 1. The van der Waals surface area contributed by atoms with Crippen molar-refractivity contribution in [1.82, 2.24) is 20.8 Å². The van der Waals surface area contributed by atoms with Crippen LogP contribution < -0.4 is 10.6 Å². The molecular formula is C17H19ClN4O. The van der Waals surface area contributed by atoms with E-state index in [4.69, 9.17) is 11.6 Å². The van der Waals surface area contributed by atoms with E-state index in [-0.39, 0.29) is 11.3 Å². The van der Waals surface area contributed by atoms with Crippen molar-refractivity contribution in [3.05, 3.63) is 51.8 Å². The summed E-state index contributed by atoms with van der Waals surface area (Å²) >= 11 is 6.09. The van der Waals surface area contributed by atoms with Crippen LogP contribution in [0.2, 0.25) is 5.02 Å². The van der Waals surface area contributed by atoms with Crippen LogP contribution in [0.1, 0.15) is 40.2 Å². The molecule has 0 unspecified atom stereocenters. The lowest BCUT2D eigenvalue weighted by atomic mass is 9.96. The first-order valence-corrected chi connectivity index (χ1v) is 8.37. The van der Waals surface area contributed by atoms with Gasteiger partial charge in [0.15, 0.2) is 5.69 Å². The molecule has 0 bridgehead atoms. The van der Waals surface area contributed by atoms with E-state index in [9.17, 15) is 4.79 Å². The van der Waals surface area contributed by atoms with Crippen molar-refractivity contribution < 1.29 is 4.79 Å². The Morgan fingerprint density at radius 2 is 2.26 bits per heavy atom. The van der Waals surface area contributed by atoms with Gasteiger partial charge in [0.2, 0.25) is 0 Å². The SMILES string of the molecule is O=C(NCC1(c2cccc(Cl)c2)CC1)c1n[nH]c2c1CNCC2. The van der Waals surface area contributed by atoms with Gasteiger partial charge >= 0.3 is 0 Å². The minimum Gasteiger partial charge on any atom is -0.350 e. The summed E-state index contributed by atoms with van der Waals surface area (Å²) in [5, 5.41) is 14.3. The molecule has 23 heavy (non-hydrogen) atoms. The van der Waals surface area contributed by atoms with Gasteiger partial charge in [-0.15, -0.1) is 0 Å². The maximum Gasteiger partial charge on any atom is 0.272 e. The van der Waals surface area contributed by atoms with Crippen LogP contribution in [0.25, 0.3) is 0 Å². The van der Waals surface area contributed by atoms with Crippen molar-refractivity contribution in [2.75, 3.05) is 13.1 Å².